The molecular formula is C11H10F3N3S2. The van der Waals surface area contributed by atoms with Crippen LogP contribution in [0, 0.1) is 0 Å². The molecule has 2 aromatic rings. The van der Waals surface area contributed by atoms with Crippen LogP contribution in [0.25, 0.3) is 0 Å². The van der Waals surface area contributed by atoms with E-state index in [0.717, 1.165) is 6.07 Å². The van der Waals surface area contributed by atoms with Crippen molar-refractivity contribution in [2.75, 3.05) is 5.75 Å². The first-order valence-electron chi connectivity index (χ1n) is 5.29. The lowest BCUT2D eigenvalue weighted by Gasteiger charge is -2.17. The molecule has 0 amide bonds. The van der Waals surface area contributed by atoms with Crippen molar-refractivity contribution >= 4 is 23.1 Å². The first kappa shape index (κ1) is 14.3. The van der Waals surface area contributed by atoms with Crippen molar-refractivity contribution in [3.8, 4) is 0 Å². The average Bonchev–Trinajstić information content (AvgIpc) is 2.88. The Kier molecular flexibility index (Phi) is 4.43. The number of nitrogens with two attached hydrogens (primary N) is 1. The van der Waals surface area contributed by atoms with Gasteiger partial charge in [0.1, 0.15) is 5.51 Å². The molecule has 0 spiro atoms. The lowest BCUT2D eigenvalue weighted by molar-refractivity contribution is -0.138. The molecule has 1 atom stereocenters. The van der Waals surface area contributed by atoms with Gasteiger partial charge < -0.3 is 5.73 Å². The zero-order valence-electron chi connectivity index (χ0n) is 9.59. The number of rotatable bonds is 4. The van der Waals surface area contributed by atoms with E-state index >= 15 is 0 Å². The molecule has 0 aliphatic carbocycles. The van der Waals surface area contributed by atoms with Gasteiger partial charge in [-0.3, -0.25) is 0 Å². The van der Waals surface area contributed by atoms with Crippen molar-refractivity contribution in [3.63, 3.8) is 0 Å². The molecule has 0 aliphatic heterocycles. The predicted octanol–water partition coefficient (Wildman–Crippen LogP) is 3.35. The van der Waals surface area contributed by atoms with E-state index in [1.54, 1.807) is 11.6 Å². The van der Waals surface area contributed by atoms with Crippen molar-refractivity contribution in [1.82, 2.24) is 10.2 Å². The zero-order chi connectivity index (χ0) is 13.9. The van der Waals surface area contributed by atoms with E-state index in [2.05, 4.69) is 10.2 Å². The molecule has 2 N–H and O–H groups in total. The topological polar surface area (TPSA) is 51.8 Å². The SMILES string of the molecule is NC(CSc1nncs1)c1ccccc1C(F)(F)F. The van der Waals surface area contributed by atoms with Crippen LogP contribution in [0.1, 0.15) is 17.2 Å². The highest BCUT2D eigenvalue weighted by Gasteiger charge is 2.34. The molecule has 0 saturated heterocycles. The summed E-state index contributed by atoms with van der Waals surface area (Å²) < 4.78 is 39.2. The smallest absolute Gasteiger partial charge is 0.323 e. The predicted molar refractivity (Wildman–Crippen MR) is 69.0 cm³/mol. The minimum atomic E-state index is -4.39. The third-order valence-electron chi connectivity index (χ3n) is 2.39. The molecule has 1 heterocycles. The lowest BCUT2D eigenvalue weighted by atomic mass is 10.0. The Labute approximate surface area is 116 Å². The minimum absolute atomic E-state index is 0.104. The number of aromatic nitrogens is 2. The van der Waals surface area contributed by atoms with Crippen molar-refractivity contribution in [2.45, 2.75) is 16.6 Å². The van der Waals surface area contributed by atoms with E-state index in [1.165, 1.54) is 35.2 Å². The van der Waals surface area contributed by atoms with Gasteiger partial charge in [-0.15, -0.1) is 10.2 Å². The van der Waals surface area contributed by atoms with Crippen LogP contribution < -0.4 is 5.73 Å². The van der Waals surface area contributed by atoms with Gasteiger partial charge in [-0.05, 0) is 11.6 Å². The second kappa shape index (κ2) is 5.89. The van der Waals surface area contributed by atoms with Crippen LogP contribution in [0.3, 0.4) is 0 Å². The molecule has 3 nitrogen and oxygen atoms in total. The first-order valence-corrected chi connectivity index (χ1v) is 7.15. The summed E-state index contributed by atoms with van der Waals surface area (Å²) in [5.74, 6) is 0.322. The molecule has 1 unspecified atom stereocenters. The Morgan fingerprint density at radius 1 is 1.32 bits per heavy atom. The van der Waals surface area contributed by atoms with Crippen LogP contribution in [0.15, 0.2) is 34.1 Å². The van der Waals surface area contributed by atoms with Gasteiger partial charge in [-0.1, -0.05) is 41.3 Å². The molecule has 19 heavy (non-hydrogen) atoms. The van der Waals surface area contributed by atoms with Gasteiger partial charge in [0.05, 0.1) is 5.56 Å². The van der Waals surface area contributed by atoms with Gasteiger partial charge in [0.25, 0.3) is 0 Å². The Bertz CT molecular complexity index is 528. The number of hydrogen-bond acceptors (Lipinski definition) is 5. The van der Waals surface area contributed by atoms with Gasteiger partial charge >= 0.3 is 6.18 Å². The molecule has 8 heteroatoms. The van der Waals surface area contributed by atoms with E-state index in [-0.39, 0.29) is 5.56 Å². The van der Waals surface area contributed by atoms with Gasteiger partial charge in [0, 0.05) is 11.8 Å². The Balaban J connectivity index is 2.12. The maximum atomic E-state index is 12.8. The highest BCUT2D eigenvalue weighted by atomic mass is 32.2. The Morgan fingerprint density at radius 3 is 2.68 bits per heavy atom. The fourth-order valence-corrected chi connectivity index (χ4v) is 3.05. The summed E-state index contributed by atoms with van der Waals surface area (Å²) in [5, 5.41) is 7.46. The van der Waals surface area contributed by atoms with E-state index in [4.69, 9.17) is 5.73 Å². The normalized spacial score (nSPS) is 13.5. The lowest BCUT2D eigenvalue weighted by Crippen LogP contribution is -2.19. The van der Waals surface area contributed by atoms with Crippen molar-refractivity contribution in [1.29, 1.82) is 0 Å². The monoisotopic (exact) mass is 305 g/mol. The molecule has 0 aliphatic rings. The maximum Gasteiger partial charge on any atom is 0.416 e. The Hall–Kier alpha value is -1.12. The summed E-state index contributed by atoms with van der Waals surface area (Å²) in [6.07, 6.45) is -4.39. The fraction of sp³-hybridized carbons (Fsp3) is 0.273. The van der Waals surface area contributed by atoms with Crippen LogP contribution in [0.4, 0.5) is 13.2 Å². The summed E-state index contributed by atoms with van der Waals surface area (Å²) >= 11 is 2.63. The van der Waals surface area contributed by atoms with E-state index in [1.807, 2.05) is 0 Å². The summed E-state index contributed by atoms with van der Waals surface area (Å²) in [4.78, 5) is 0. The molecule has 0 saturated carbocycles. The van der Waals surface area contributed by atoms with Gasteiger partial charge in [-0.2, -0.15) is 13.2 Å². The van der Waals surface area contributed by atoms with Gasteiger partial charge in [0.15, 0.2) is 4.34 Å². The number of benzene rings is 1. The van der Waals surface area contributed by atoms with E-state index in [0.29, 0.717) is 10.1 Å². The Morgan fingerprint density at radius 2 is 2.05 bits per heavy atom. The standard InChI is InChI=1S/C11H10F3N3S2/c12-11(13,14)8-4-2-1-3-7(8)9(15)5-18-10-17-16-6-19-10/h1-4,6,9H,5,15H2. The van der Waals surface area contributed by atoms with Crippen LogP contribution in [-0.4, -0.2) is 16.0 Å². The highest BCUT2D eigenvalue weighted by molar-refractivity contribution is 8.01. The average molecular weight is 305 g/mol. The third kappa shape index (κ3) is 3.68. The minimum Gasteiger partial charge on any atom is -0.323 e. The zero-order valence-corrected chi connectivity index (χ0v) is 11.2. The molecular weight excluding hydrogens is 295 g/mol. The highest BCUT2D eigenvalue weighted by Crippen LogP contribution is 2.35. The first-order chi connectivity index (χ1) is 8.98. The van der Waals surface area contributed by atoms with Crippen molar-refractivity contribution in [3.05, 3.63) is 40.9 Å². The second-order valence-electron chi connectivity index (χ2n) is 3.71. The maximum absolute atomic E-state index is 12.8. The van der Waals surface area contributed by atoms with Crippen LogP contribution >= 0.6 is 23.1 Å². The van der Waals surface area contributed by atoms with Crippen molar-refractivity contribution in [2.24, 2.45) is 5.73 Å². The molecule has 102 valence electrons. The number of alkyl halides is 3. The number of halogens is 3. The van der Waals surface area contributed by atoms with E-state index in [9.17, 15) is 13.2 Å². The van der Waals surface area contributed by atoms with Crippen LogP contribution in [0.5, 0.6) is 0 Å². The largest absolute Gasteiger partial charge is 0.416 e. The molecule has 1 aromatic carbocycles. The quantitative estimate of drug-likeness (QED) is 0.880. The van der Waals surface area contributed by atoms with Gasteiger partial charge in [0.2, 0.25) is 0 Å². The summed E-state index contributed by atoms with van der Waals surface area (Å²) in [6.45, 7) is 0. The summed E-state index contributed by atoms with van der Waals surface area (Å²) in [5.41, 5.74) is 6.84. The molecule has 1 aromatic heterocycles. The van der Waals surface area contributed by atoms with Crippen LogP contribution in [-0.2, 0) is 6.18 Å². The number of hydrogen-bond donors (Lipinski definition) is 1. The fourth-order valence-electron chi connectivity index (χ4n) is 1.56. The molecule has 0 bridgehead atoms. The molecule has 0 fully saturated rings. The summed E-state index contributed by atoms with van der Waals surface area (Å²) in [6, 6.07) is 4.67. The third-order valence-corrected chi connectivity index (χ3v) is 4.37. The van der Waals surface area contributed by atoms with E-state index < -0.39 is 17.8 Å². The molecule has 0 radical (unpaired) electrons. The van der Waals surface area contributed by atoms with Gasteiger partial charge in [-0.25, -0.2) is 0 Å². The number of thioether (sulfide) groups is 1. The van der Waals surface area contributed by atoms with Crippen molar-refractivity contribution < 1.29 is 13.2 Å². The summed E-state index contributed by atoms with van der Waals surface area (Å²) in [7, 11) is 0. The molecule has 2 rings (SSSR count). The number of nitrogens with zero attached hydrogens (tertiary/aromatic N) is 2. The second-order valence-corrected chi connectivity index (χ2v) is 5.81. The van der Waals surface area contributed by atoms with Crippen LogP contribution in [0.2, 0.25) is 0 Å².